The van der Waals surface area contributed by atoms with Gasteiger partial charge in [0.15, 0.2) is 0 Å². The number of rotatable bonds is 8. The number of methoxy groups -OCH3 is 1. The van der Waals surface area contributed by atoms with Crippen molar-refractivity contribution in [3.63, 3.8) is 0 Å². The molecule has 1 aliphatic heterocycles. The Labute approximate surface area is 186 Å². The van der Waals surface area contributed by atoms with Crippen LogP contribution in [0.25, 0.3) is 11.3 Å². The Bertz CT molecular complexity index is 973. The van der Waals surface area contributed by atoms with Crippen LogP contribution >= 0.6 is 11.3 Å². The van der Waals surface area contributed by atoms with Gasteiger partial charge >= 0.3 is 5.97 Å². The van der Waals surface area contributed by atoms with Gasteiger partial charge < -0.3 is 14.0 Å². The molecule has 2 aromatic heterocycles. The lowest BCUT2D eigenvalue weighted by Gasteiger charge is -2.39. The Kier molecular flexibility index (Phi) is 6.73. The monoisotopic (exact) mass is 440 g/mol. The van der Waals surface area contributed by atoms with Crippen LogP contribution in [0.15, 0.2) is 51.7 Å². The first-order valence-electron chi connectivity index (χ1n) is 10.6. The molecule has 6 nitrogen and oxygen atoms in total. The third-order valence-electron chi connectivity index (χ3n) is 5.97. The van der Waals surface area contributed by atoms with E-state index in [-0.39, 0.29) is 5.97 Å². The average Bonchev–Trinajstić information content (AvgIpc) is 3.48. The number of ether oxygens (including phenoxy) is 2. The third-order valence-corrected chi connectivity index (χ3v) is 6.70. The zero-order chi connectivity index (χ0) is 21.7. The van der Waals surface area contributed by atoms with Crippen molar-refractivity contribution in [1.82, 2.24) is 10.1 Å². The normalized spacial score (nSPS) is 16.2. The molecule has 0 amide bonds. The summed E-state index contributed by atoms with van der Waals surface area (Å²) in [5.41, 5.74) is 2.46. The fourth-order valence-electron chi connectivity index (χ4n) is 4.14. The molecular weight excluding hydrogens is 412 g/mol. The van der Waals surface area contributed by atoms with Crippen LogP contribution in [0.1, 0.15) is 31.1 Å². The van der Waals surface area contributed by atoms with Gasteiger partial charge in [-0.3, -0.25) is 9.69 Å². The first-order chi connectivity index (χ1) is 15.1. The predicted molar refractivity (Wildman–Crippen MR) is 120 cm³/mol. The van der Waals surface area contributed by atoms with Gasteiger partial charge in [0.25, 0.3) is 0 Å². The quantitative estimate of drug-likeness (QED) is 0.469. The first-order valence-corrected chi connectivity index (χ1v) is 11.6. The van der Waals surface area contributed by atoms with Gasteiger partial charge in [0.05, 0.1) is 19.1 Å². The van der Waals surface area contributed by atoms with Gasteiger partial charge in [-0.2, -0.15) is 11.3 Å². The second-order valence-electron chi connectivity index (χ2n) is 7.99. The Morgan fingerprint density at radius 1 is 1.23 bits per heavy atom. The number of hydrogen-bond donors (Lipinski definition) is 0. The number of piperidine rings is 1. The number of carbonyl (C=O) groups is 1. The van der Waals surface area contributed by atoms with E-state index in [2.05, 4.69) is 26.9 Å². The minimum Gasteiger partial charge on any atom is -0.497 e. The lowest BCUT2D eigenvalue weighted by atomic mass is 9.75. The molecule has 3 heterocycles. The van der Waals surface area contributed by atoms with Crippen molar-refractivity contribution in [1.29, 1.82) is 0 Å². The molecule has 0 atom stereocenters. The van der Waals surface area contributed by atoms with Gasteiger partial charge in [0.2, 0.25) is 0 Å². The Morgan fingerprint density at radius 3 is 2.65 bits per heavy atom. The number of esters is 1. The van der Waals surface area contributed by atoms with E-state index in [1.165, 1.54) is 5.56 Å². The van der Waals surface area contributed by atoms with Crippen LogP contribution < -0.4 is 4.74 Å². The molecule has 1 aromatic carbocycles. The summed E-state index contributed by atoms with van der Waals surface area (Å²) >= 11 is 1.72. The van der Waals surface area contributed by atoms with E-state index in [9.17, 15) is 4.79 Å². The summed E-state index contributed by atoms with van der Waals surface area (Å²) in [6.07, 6.45) is 1.99. The topological polar surface area (TPSA) is 64.8 Å². The molecule has 1 aliphatic rings. The number of carbonyl (C=O) groups excluding carboxylic acids is 1. The maximum Gasteiger partial charge on any atom is 0.312 e. The van der Waals surface area contributed by atoms with Crippen molar-refractivity contribution in [2.45, 2.75) is 32.7 Å². The van der Waals surface area contributed by atoms with Gasteiger partial charge in [-0.1, -0.05) is 5.16 Å². The fraction of sp³-hybridized carbons (Fsp3) is 0.417. The highest BCUT2D eigenvalue weighted by molar-refractivity contribution is 7.07. The Hall–Kier alpha value is -2.64. The maximum atomic E-state index is 13.0. The molecule has 31 heavy (non-hydrogen) atoms. The zero-order valence-electron chi connectivity index (χ0n) is 18.0. The summed E-state index contributed by atoms with van der Waals surface area (Å²) in [5, 5.41) is 8.52. The number of aromatic nitrogens is 1. The minimum absolute atomic E-state index is 0.132. The summed E-state index contributed by atoms with van der Waals surface area (Å²) in [4.78, 5) is 15.4. The standard InChI is InChI=1S/C24H28N2O4S/c1-3-29-23(27)24(9-11-26(12-10-24)16-18-8-13-31-17-18)15-21-14-22(25-30-21)19-4-6-20(28-2)7-5-19/h4-8,13-14,17H,3,9-12,15-16H2,1-2H3. The number of thiophene rings is 1. The second-order valence-corrected chi connectivity index (χ2v) is 8.77. The van der Waals surface area contributed by atoms with E-state index in [1.54, 1.807) is 18.4 Å². The third kappa shape index (κ3) is 4.99. The summed E-state index contributed by atoms with van der Waals surface area (Å²) in [5.74, 6) is 1.38. The molecule has 0 bridgehead atoms. The molecule has 0 N–H and O–H groups in total. The SMILES string of the molecule is CCOC(=O)C1(Cc2cc(-c3ccc(OC)cc3)no2)CCN(Cc2ccsc2)CC1. The number of hydrogen-bond acceptors (Lipinski definition) is 7. The van der Waals surface area contributed by atoms with Gasteiger partial charge in [-0.05, 0) is 79.5 Å². The van der Waals surface area contributed by atoms with Gasteiger partial charge in [0.1, 0.15) is 17.2 Å². The van der Waals surface area contributed by atoms with Crippen LogP contribution in [-0.4, -0.2) is 42.8 Å². The Balaban J connectivity index is 1.47. The second kappa shape index (κ2) is 9.66. The molecule has 4 rings (SSSR count). The average molecular weight is 441 g/mol. The van der Waals surface area contributed by atoms with Crippen molar-refractivity contribution in [3.05, 3.63) is 58.5 Å². The highest BCUT2D eigenvalue weighted by Crippen LogP contribution is 2.38. The lowest BCUT2D eigenvalue weighted by Crippen LogP contribution is -2.46. The number of likely N-dealkylation sites (tertiary alicyclic amines) is 1. The molecule has 0 spiro atoms. The summed E-state index contributed by atoms with van der Waals surface area (Å²) in [6.45, 7) is 4.87. The minimum atomic E-state index is -0.572. The molecular formula is C24H28N2O4S. The number of benzene rings is 1. The van der Waals surface area contributed by atoms with Crippen LogP contribution in [0.2, 0.25) is 0 Å². The lowest BCUT2D eigenvalue weighted by molar-refractivity contribution is -0.159. The smallest absolute Gasteiger partial charge is 0.312 e. The molecule has 3 aromatic rings. The van der Waals surface area contributed by atoms with Crippen LogP contribution in [-0.2, 0) is 22.5 Å². The highest BCUT2D eigenvalue weighted by Gasteiger charge is 2.43. The van der Waals surface area contributed by atoms with Crippen molar-refractivity contribution in [3.8, 4) is 17.0 Å². The number of nitrogens with zero attached hydrogens (tertiary/aromatic N) is 2. The molecule has 1 fully saturated rings. The van der Waals surface area contributed by atoms with Gasteiger partial charge in [-0.25, -0.2) is 0 Å². The molecule has 0 unspecified atom stereocenters. The largest absolute Gasteiger partial charge is 0.497 e. The van der Waals surface area contributed by atoms with Gasteiger partial charge in [0, 0.05) is 24.6 Å². The fourth-order valence-corrected chi connectivity index (χ4v) is 4.80. The highest BCUT2D eigenvalue weighted by atomic mass is 32.1. The molecule has 164 valence electrons. The van der Waals surface area contributed by atoms with E-state index in [0.717, 1.165) is 49.5 Å². The summed E-state index contributed by atoms with van der Waals surface area (Å²) in [7, 11) is 1.64. The van der Waals surface area contributed by atoms with Crippen LogP contribution in [0.3, 0.4) is 0 Å². The Morgan fingerprint density at radius 2 is 2.00 bits per heavy atom. The van der Waals surface area contributed by atoms with E-state index < -0.39 is 5.41 Å². The van der Waals surface area contributed by atoms with Crippen molar-refractivity contribution >= 4 is 17.3 Å². The van der Waals surface area contributed by atoms with E-state index in [0.29, 0.717) is 18.8 Å². The molecule has 1 saturated heterocycles. The molecule has 0 saturated carbocycles. The van der Waals surface area contributed by atoms with Gasteiger partial charge in [-0.15, -0.1) is 0 Å². The van der Waals surface area contributed by atoms with E-state index in [4.69, 9.17) is 14.0 Å². The van der Waals surface area contributed by atoms with Crippen LogP contribution in [0.5, 0.6) is 5.75 Å². The van der Waals surface area contributed by atoms with Crippen LogP contribution in [0, 0.1) is 5.41 Å². The van der Waals surface area contributed by atoms with Crippen molar-refractivity contribution < 1.29 is 18.8 Å². The van der Waals surface area contributed by atoms with E-state index in [1.807, 2.05) is 37.3 Å². The zero-order valence-corrected chi connectivity index (χ0v) is 18.8. The molecule has 7 heteroatoms. The van der Waals surface area contributed by atoms with Crippen LogP contribution in [0.4, 0.5) is 0 Å². The summed E-state index contributed by atoms with van der Waals surface area (Å²) < 4.78 is 16.3. The van der Waals surface area contributed by atoms with Crippen molar-refractivity contribution in [2.24, 2.45) is 5.41 Å². The molecule has 0 aliphatic carbocycles. The first kappa shape index (κ1) is 21.6. The maximum absolute atomic E-state index is 13.0. The predicted octanol–water partition coefficient (Wildman–Crippen LogP) is 4.80. The van der Waals surface area contributed by atoms with Crippen molar-refractivity contribution in [2.75, 3.05) is 26.8 Å². The summed E-state index contributed by atoms with van der Waals surface area (Å²) in [6, 6.07) is 11.8. The van der Waals surface area contributed by atoms with E-state index >= 15 is 0 Å². The molecule has 0 radical (unpaired) electrons.